The Morgan fingerprint density at radius 3 is 2.50 bits per heavy atom. The predicted molar refractivity (Wildman–Crippen MR) is 104 cm³/mol. The number of hydrogen-bond donors (Lipinski definition) is 1. The van der Waals surface area contributed by atoms with Crippen LogP contribution in [0.1, 0.15) is 16.1 Å². The Morgan fingerprint density at radius 2 is 1.69 bits per heavy atom. The van der Waals surface area contributed by atoms with Crippen LogP contribution < -0.4 is 4.90 Å². The van der Waals surface area contributed by atoms with Crippen molar-refractivity contribution in [1.82, 2.24) is 9.97 Å². The van der Waals surface area contributed by atoms with Crippen LogP contribution in [0.4, 0.5) is 5.69 Å². The Balaban J connectivity index is 1.62. The minimum absolute atomic E-state index is 0.0864. The molecule has 4 aromatic rings. The first-order valence-corrected chi connectivity index (χ1v) is 8.66. The second-order valence-corrected chi connectivity index (χ2v) is 6.12. The van der Waals surface area contributed by atoms with Crippen LogP contribution in [0.15, 0.2) is 85.2 Å². The summed E-state index contributed by atoms with van der Waals surface area (Å²) < 4.78 is 0. The van der Waals surface area contributed by atoms with Crippen LogP contribution in [0.5, 0.6) is 0 Å². The zero-order valence-corrected chi connectivity index (χ0v) is 14.3. The Morgan fingerprint density at radius 1 is 0.923 bits per heavy atom. The van der Waals surface area contributed by atoms with E-state index < -0.39 is 0 Å². The van der Waals surface area contributed by atoms with Crippen LogP contribution in [0.2, 0.25) is 0 Å². The van der Waals surface area contributed by atoms with E-state index in [2.05, 4.69) is 22.1 Å². The molecule has 4 nitrogen and oxygen atoms in total. The average Bonchev–Trinajstić information content (AvgIpc) is 3.13. The van der Waals surface area contributed by atoms with Crippen molar-refractivity contribution < 1.29 is 4.79 Å². The SMILES string of the molecule is O=C(c1ccccn1)N(CCc1c[nH]c2ccccc12)c1ccccc1. The van der Waals surface area contributed by atoms with Gasteiger partial charge in [0, 0.05) is 35.5 Å². The van der Waals surface area contributed by atoms with Gasteiger partial charge in [-0.2, -0.15) is 0 Å². The Labute approximate surface area is 152 Å². The van der Waals surface area contributed by atoms with Crippen molar-refractivity contribution in [2.24, 2.45) is 0 Å². The molecule has 2 aromatic carbocycles. The fourth-order valence-corrected chi connectivity index (χ4v) is 3.15. The number of benzene rings is 2. The fourth-order valence-electron chi connectivity index (χ4n) is 3.15. The van der Waals surface area contributed by atoms with E-state index in [1.807, 2.05) is 60.8 Å². The maximum Gasteiger partial charge on any atom is 0.276 e. The Hall–Kier alpha value is -3.40. The Bertz CT molecular complexity index is 1010. The molecule has 4 heteroatoms. The monoisotopic (exact) mass is 341 g/mol. The topological polar surface area (TPSA) is 49.0 Å². The fraction of sp³-hybridized carbons (Fsp3) is 0.0909. The molecule has 128 valence electrons. The maximum atomic E-state index is 13.0. The normalized spacial score (nSPS) is 10.8. The van der Waals surface area contributed by atoms with Crippen LogP contribution in [0.3, 0.4) is 0 Å². The second kappa shape index (κ2) is 7.23. The van der Waals surface area contributed by atoms with E-state index in [9.17, 15) is 4.79 Å². The summed E-state index contributed by atoms with van der Waals surface area (Å²) in [6, 6.07) is 23.4. The number of pyridine rings is 1. The molecule has 26 heavy (non-hydrogen) atoms. The molecule has 0 bridgehead atoms. The lowest BCUT2D eigenvalue weighted by Gasteiger charge is -2.22. The van der Waals surface area contributed by atoms with Crippen molar-refractivity contribution in [1.29, 1.82) is 0 Å². The summed E-state index contributed by atoms with van der Waals surface area (Å²) >= 11 is 0. The summed E-state index contributed by atoms with van der Waals surface area (Å²) in [7, 11) is 0. The van der Waals surface area contributed by atoms with Crippen molar-refractivity contribution >= 4 is 22.5 Å². The number of hydrogen-bond acceptors (Lipinski definition) is 2. The van der Waals surface area contributed by atoms with E-state index in [0.29, 0.717) is 12.2 Å². The molecule has 2 aromatic heterocycles. The number of anilines is 1. The highest BCUT2D eigenvalue weighted by molar-refractivity contribution is 6.04. The summed E-state index contributed by atoms with van der Waals surface area (Å²) in [4.78, 5) is 22.3. The molecular weight excluding hydrogens is 322 g/mol. The molecule has 0 aliphatic heterocycles. The molecule has 0 spiro atoms. The highest BCUT2D eigenvalue weighted by Crippen LogP contribution is 2.21. The lowest BCUT2D eigenvalue weighted by Crippen LogP contribution is -2.33. The van der Waals surface area contributed by atoms with Gasteiger partial charge in [0.15, 0.2) is 0 Å². The number of fused-ring (bicyclic) bond motifs is 1. The molecule has 0 saturated carbocycles. The number of aromatic amines is 1. The summed E-state index contributed by atoms with van der Waals surface area (Å²) in [5.74, 6) is -0.0864. The molecule has 0 unspecified atom stereocenters. The van der Waals surface area contributed by atoms with Gasteiger partial charge in [0.2, 0.25) is 0 Å². The van der Waals surface area contributed by atoms with Gasteiger partial charge in [0.25, 0.3) is 5.91 Å². The zero-order valence-electron chi connectivity index (χ0n) is 14.3. The minimum atomic E-state index is -0.0864. The Kier molecular flexibility index (Phi) is 4.48. The van der Waals surface area contributed by atoms with Crippen LogP contribution in [0, 0.1) is 0 Å². The molecule has 1 amide bonds. The number of carbonyl (C=O) groups is 1. The molecule has 0 fully saturated rings. The summed E-state index contributed by atoms with van der Waals surface area (Å²) in [6.45, 7) is 0.585. The quantitative estimate of drug-likeness (QED) is 0.583. The van der Waals surface area contributed by atoms with Gasteiger partial charge in [-0.3, -0.25) is 9.78 Å². The maximum absolute atomic E-state index is 13.0. The van der Waals surface area contributed by atoms with Gasteiger partial charge in [-0.15, -0.1) is 0 Å². The van der Waals surface area contributed by atoms with Crippen LogP contribution in [0.25, 0.3) is 10.9 Å². The molecule has 0 atom stereocenters. The predicted octanol–water partition coefficient (Wildman–Crippen LogP) is 4.45. The number of H-pyrrole nitrogens is 1. The van der Waals surface area contributed by atoms with E-state index >= 15 is 0 Å². The average molecular weight is 341 g/mol. The third-order valence-electron chi connectivity index (χ3n) is 4.48. The number of nitrogens with one attached hydrogen (secondary N) is 1. The molecular formula is C22H19N3O. The van der Waals surface area contributed by atoms with Gasteiger partial charge in [0.1, 0.15) is 5.69 Å². The first-order chi connectivity index (χ1) is 12.8. The third kappa shape index (κ3) is 3.22. The van der Waals surface area contributed by atoms with Gasteiger partial charge in [-0.25, -0.2) is 0 Å². The van der Waals surface area contributed by atoms with Crippen molar-refractivity contribution in [3.8, 4) is 0 Å². The molecule has 2 heterocycles. The number of aromatic nitrogens is 2. The first kappa shape index (κ1) is 16.1. The van der Waals surface area contributed by atoms with E-state index in [0.717, 1.165) is 17.6 Å². The van der Waals surface area contributed by atoms with Crippen molar-refractivity contribution in [2.45, 2.75) is 6.42 Å². The summed E-state index contributed by atoms with van der Waals surface area (Å²) in [5.41, 5.74) is 3.65. The van der Waals surface area contributed by atoms with Crippen LogP contribution in [-0.4, -0.2) is 22.4 Å². The van der Waals surface area contributed by atoms with Crippen molar-refractivity contribution in [3.05, 3.63) is 96.4 Å². The van der Waals surface area contributed by atoms with Gasteiger partial charge in [-0.05, 0) is 42.3 Å². The molecule has 0 saturated heterocycles. The number of para-hydroxylation sites is 2. The largest absolute Gasteiger partial charge is 0.361 e. The van der Waals surface area contributed by atoms with Crippen molar-refractivity contribution in [3.63, 3.8) is 0 Å². The van der Waals surface area contributed by atoms with Gasteiger partial charge in [0.05, 0.1) is 0 Å². The van der Waals surface area contributed by atoms with E-state index in [4.69, 9.17) is 0 Å². The van der Waals surface area contributed by atoms with E-state index in [-0.39, 0.29) is 5.91 Å². The standard InChI is InChI=1S/C22H19N3O/c26-22(21-12-6-7-14-23-21)25(18-8-2-1-3-9-18)15-13-17-16-24-20-11-5-4-10-19(17)20/h1-12,14,16,24H,13,15H2. The van der Waals surface area contributed by atoms with Gasteiger partial charge in [-0.1, -0.05) is 42.5 Å². The molecule has 0 aliphatic rings. The lowest BCUT2D eigenvalue weighted by atomic mass is 10.1. The smallest absolute Gasteiger partial charge is 0.276 e. The molecule has 1 N–H and O–H groups in total. The molecule has 0 radical (unpaired) electrons. The number of rotatable bonds is 5. The highest BCUT2D eigenvalue weighted by atomic mass is 16.2. The number of carbonyl (C=O) groups excluding carboxylic acids is 1. The number of nitrogens with zero attached hydrogens (tertiary/aromatic N) is 2. The van der Waals surface area contributed by atoms with Crippen LogP contribution in [-0.2, 0) is 6.42 Å². The minimum Gasteiger partial charge on any atom is -0.361 e. The summed E-state index contributed by atoms with van der Waals surface area (Å²) in [5, 5.41) is 1.20. The first-order valence-electron chi connectivity index (χ1n) is 8.66. The number of amides is 1. The molecule has 0 aliphatic carbocycles. The van der Waals surface area contributed by atoms with Gasteiger partial charge < -0.3 is 9.88 Å². The van der Waals surface area contributed by atoms with Crippen molar-refractivity contribution in [2.75, 3.05) is 11.4 Å². The zero-order chi connectivity index (χ0) is 17.8. The summed E-state index contributed by atoms with van der Waals surface area (Å²) in [6.07, 6.45) is 4.44. The lowest BCUT2D eigenvalue weighted by molar-refractivity contribution is 0.0982. The van der Waals surface area contributed by atoms with Crippen LogP contribution >= 0.6 is 0 Å². The third-order valence-corrected chi connectivity index (χ3v) is 4.48. The van der Waals surface area contributed by atoms with E-state index in [1.165, 1.54) is 10.9 Å². The van der Waals surface area contributed by atoms with Gasteiger partial charge >= 0.3 is 0 Å². The highest BCUT2D eigenvalue weighted by Gasteiger charge is 2.19. The second-order valence-electron chi connectivity index (χ2n) is 6.12. The molecule has 4 rings (SSSR count). The van der Waals surface area contributed by atoms with E-state index in [1.54, 1.807) is 17.2 Å².